The topological polar surface area (TPSA) is 55.4 Å². The zero-order valence-electron chi connectivity index (χ0n) is 27.2. The molecule has 5 atom stereocenters. The molecule has 0 bridgehead atoms. The van der Waals surface area contributed by atoms with Crippen LogP contribution in [0.3, 0.4) is 0 Å². The first kappa shape index (κ1) is 33.7. The van der Waals surface area contributed by atoms with Crippen molar-refractivity contribution in [2.75, 3.05) is 13.2 Å². The van der Waals surface area contributed by atoms with Crippen molar-refractivity contribution in [1.82, 2.24) is 0 Å². The Kier molecular flexibility index (Phi) is 12.9. The number of benzene rings is 5. The molecule has 0 N–H and O–H groups in total. The summed E-state index contributed by atoms with van der Waals surface area (Å²) in [6.45, 7) is 2.35. The number of ether oxygens (including phenoxy) is 6. The molecule has 1 saturated heterocycles. The van der Waals surface area contributed by atoms with Crippen molar-refractivity contribution >= 4 is 0 Å². The van der Waals surface area contributed by atoms with Crippen LogP contribution in [0.25, 0.3) is 0 Å². The average molecular weight is 645 g/mol. The molecular weight excluding hydrogens is 600 g/mol. The first-order chi connectivity index (χ1) is 23.8. The van der Waals surface area contributed by atoms with Crippen molar-refractivity contribution < 1.29 is 28.4 Å². The van der Waals surface area contributed by atoms with Crippen molar-refractivity contribution in [3.63, 3.8) is 0 Å². The molecule has 1 unspecified atom stereocenters. The highest BCUT2D eigenvalue weighted by Gasteiger charge is 2.49. The second-order valence-corrected chi connectivity index (χ2v) is 11.9. The predicted molar refractivity (Wildman–Crippen MR) is 186 cm³/mol. The van der Waals surface area contributed by atoms with Crippen LogP contribution in [-0.4, -0.2) is 43.9 Å². The van der Waals surface area contributed by atoms with E-state index in [2.05, 4.69) is 60.7 Å². The summed E-state index contributed by atoms with van der Waals surface area (Å²) in [5.41, 5.74) is 5.46. The Morgan fingerprint density at radius 1 is 0.396 bits per heavy atom. The highest BCUT2D eigenvalue weighted by molar-refractivity contribution is 5.17. The van der Waals surface area contributed by atoms with Crippen molar-refractivity contribution in [3.8, 4) is 0 Å². The maximum atomic E-state index is 6.80. The van der Waals surface area contributed by atoms with E-state index in [0.717, 1.165) is 28.7 Å². The van der Waals surface area contributed by atoms with Gasteiger partial charge in [-0.1, -0.05) is 152 Å². The Morgan fingerprint density at radius 3 is 1.27 bits per heavy atom. The maximum Gasteiger partial charge on any atom is 0.186 e. The van der Waals surface area contributed by atoms with E-state index in [0.29, 0.717) is 39.6 Å². The van der Waals surface area contributed by atoms with E-state index in [1.165, 1.54) is 5.56 Å². The number of hydrogen-bond donors (Lipinski definition) is 0. The van der Waals surface area contributed by atoms with Crippen LogP contribution in [0, 0.1) is 0 Å². The third-order valence-electron chi connectivity index (χ3n) is 8.36. The molecule has 6 nitrogen and oxygen atoms in total. The van der Waals surface area contributed by atoms with Gasteiger partial charge in [-0.15, -0.1) is 0 Å². The minimum Gasteiger partial charge on any atom is -0.374 e. The summed E-state index contributed by atoms with van der Waals surface area (Å²) >= 11 is 0. The van der Waals surface area contributed by atoms with E-state index in [1.54, 1.807) is 0 Å². The third-order valence-corrected chi connectivity index (χ3v) is 8.36. The molecule has 0 radical (unpaired) electrons. The van der Waals surface area contributed by atoms with E-state index in [-0.39, 0.29) is 0 Å². The lowest BCUT2D eigenvalue weighted by molar-refractivity contribution is -0.328. The summed E-state index contributed by atoms with van der Waals surface area (Å²) in [6, 6.07) is 50.9. The van der Waals surface area contributed by atoms with Crippen LogP contribution < -0.4 is 0 Å². The monoisotopic (exact) mass is 644 g/mol. The maximum absolute atomic E-state index is 6.80. The summed E-state index contributed by atoms with van der Waals surface area (Å²) in [6.07, 6.45) is -2.03. The zero-order valence-corrected chi connectivity index (χ0v) is 27.2. The normalized spacial score (nSPS) is 20.8. The van der Waals surface area contributed by atoms with Crippen LogP contribution in [0.2, 0.25) is 0 Å². The summed E-state index contributed by atoms with van der Waals surface area (Å²) in [5.74, 6) is 0. The largest absolute Gasteiger partial charge is 0.374 e. The van der Waals surface area contributed by atoms with E-state index < -0.39 is 30.7 Å². The number of hydrogen-bond acceptors (Lipinski definition) is 6. The minimum atomic E-state index is -0.708. The Balaban J connectivity index is 1.27. The molecule has 1 aliphatic heterocycles. The van der Waals surface area contributed by atoms with Crippen LogP contribution in [0.1, 0.15) is 27.8 Å². The number of rotatable bonds is 17. The molecule has 248 valence electrons. The summed E-state index contributed by atoms with van der Waals surface area (Å²) < 4.78 is 39.8. The van der Waals surface area contributed by atoms with Gasteiger partial charge in [0.05, 0.1) is 39.6 Å². The van der Waals surface area contributed by atoms with E-state index >= 15 is 0 Å². The van der Waals surface area contributed by atoms with Gasteiger partial charge in [-0.05, 0) is 34.2 Å². The van der Waals surface area contributed by atoms with Crippen molar-refractivity contribution in [1.29, 1.82) is 0 Å². The SMILES string of the molecule is c1ccc(CCOC2O[C@H](COCc3ccccc3)[C@@H](OCc3ccccc3)[C@H](OCc3ccccc3)[C@H]2OCc2ccccc2)cc1. The van der Waals surface area contributed by atoms with Crippen molar-refractivity contribution in [3.05, 3.63) is 179 Å². The molecule has 1 fully saturated rings. The molecule has 1 aliphatic rings. The van der Waals surface area contributed by atoms with Gasteiger partial charge in [0.1, 0.15) is 24.4 Å². The molecule has 0 aliphatic carbocycles. The lowest BCUT2D eigenvalue weighted by Crippen LogP contribution is -2.61. The molecule has 0 aromatic heterocycles. The molecule has 5 aromatic carbocycles. The van der Waals surface area contributed by atoms with Gasteiger partial charge >= 0.3 is 0 Å². The highest BCUT2D eigenvalue weighted by Crippen LogP contribution is 2.32. The Labute approximate surface area is 284 Å². The van der Waals surface area contributed by atoms with E-state index in [9.17, 15) is 0 Å². The van der Waals surface area contributed by atoms with Crippen molar-refractivity contribution in [2.45, 2.75) is 63.6 Å². The first-order valence-electron chi connectivity index (χ1n) is 16.7. The standard InChI is InChI=1S/C42H44O6/c1-6-16-33(17-7-1)26-27-44-42-41(47-31-37-24-14-5-15-25-37)40(46-30-36-22-12-4-13-23-36)39(45-29-35-20-10-3-11-21-35)38(48-42)32-43-28-34-18-8-2-9-19-34/h1-25,38-42H,26-32H2/t38-,39-,40+,41-,42?/m1/s1. The molecule has 1 heterocycles. The van der Waals surface area contributed by atoms with Crippen molar-refractivity contribution in [2.24, 2.45) is 0 Å². The Hall–Kier alpha value is -4.14. The zero-order chi connectivity index (χ0) is 32.6. The molecule has 48 heavy (non-hydrogen) atoms. The van der Waals surface area contributed by atoms with Gasteiger partial charge in [-0.2, -0.15) is 0 Å². The lowest BCUT2D eigenvalue weighted by atomic mass is 9.97. The van der Waals surface area contributed by atoms with Crippen LogP contribution in [-0.2, 0) is 61.3 Å². The van der Waals surface area contributed by atoms with Gasteiger partial charge in [0.15, 0.2) is 6.29 Å². The first-order valence-corrected chi connectivity index (χ1v) is 16.7. The third kappa shape index (κ3) is 10.2. The predicted octanol–water partition coefficient (Wildman–Crippen LogP) is 7.94. The second-order valence-electron chi connectivity index (χ2n) is 11.9. The Morgan fingerprint density at radius 2 is 0.792 bits per heavy atom. The van der Waals surface area contributed by atoms with Crippen LogP contribution in [0.4, 0.5) is 0 Å². The molecular formula is C42H44O6. The second kappa shape index (κ2) is 18.4. The molecule has 0 amide bonds. The van der Waals surface area contributed by atoms with Gasteiger partial charge in [-0.25, -0.2) is 0 Å². The fraction of sp³-hybridized carbons (Fsp3) is 0.286. The molecule has 0 saturated carbocycles. The van der Waals surface area contributed by atoms with Crippen LogP contribution >= 0.6 is 0 Å². The summed E-state index contributed by atoms with van der Waals surface area (Å²) in [4.78, 5) is 0. The van der Waals surface area contributed by atoms with Gasteiger partial charge in [-0.3, -0.25) is 0 Å². The molecule has 6 heteroatoms. The van der Waals surface area contributed by atoms with Crippen LogP contribution in [0.15, 0.2) is 152 Å². The van der Waals surface area contributed by atoms with E-state index in [1.807, 2.05) is 91.0 Å². The fourth-order valence-electron chi connectivity index (χ4n) is 5.82. The molecule has 5 aromatic rings. The van der Waals surface area contributed by atoms with E-state index in [4.69, 9.17) is 28.4 Å². The minimum absolute atomic E-state index is 0.295. The van der Waals surface area contributed by atoms with Gasteiger partial charge in [0.25, 0.3) is 0 Å². The van der Waals surface area contributed by atoms with Crippen LogP contribution in [0.5, 0.6) is 0 Å². The average Bonchev–Trinajstić information content (AvgIpc) is 3.15. The smallest absolute Gasteiger partial charge is 0.186 e. The highest BCUT2D eigenvalue weighted by atomic mass is 16.7. The molecule has 0 spiro atoms. The van der Waals surface area contributed by atoms with Gasteiger partial charge in [0.2, 0.25) is 0 Å². The summed E-state index contributed by atoms with van der Waals surface area (Å²) in [7, 11) is 0. The lowest BCUT2D eigenvalue weighted by Gasteiger charge is -2.46. The molecule has 6 rings (SSSR count). The van der Waals surface area contributed by atoms with Gasteiger partial charge in [0, 0.05) is 0 Å². The Bertz CT molecular complexity index is 1470. The fourth-order valence-corrected chi connectivity index (χ4v) is 5.82. The summed E-state index contributed by atoms with van der Waals surface area (Å²) in [5, 5.41) is 0. The quantitative estimate of drug-likeness (QED) is 0.102. The van der Waals surface area contributed by atoms with Gasteiger partial charge < -0.3 is 28.4 Å².